The third-order valence-corrected chi connectivity index (χ3v) is 3.03. The predicted molar refractivity (Wildman–Crippen MR) is 68.3 cm³/mol. The third-order valence-electron chi connectivity index (χ3n) is 3.03. The number of rotatable bonds is 2. The summed E-state index contributed by atoms with van der Waals surface area (Å²) in [5.41, 5.74) is 1.65. The molecule has 2 heterocycles. The normalized spacial score (nSPS) is 14.4. The molecule has 3 rings (SSSR count). The third kappa shape index (κ3) is 2.48. The number of amides is 2. The topological polar surface area (TPSA) is 93.0 Å². The van der Waals surface area contributed by atoms with Crippen molar-refractivity contribution >= 4 is 17.5 Å². The average Bonchev–Trinajstić information content (AvgIpc) is 2.86. The van der Waals surface area contributed by atoms with Crippen molar-refractivity contribution in [1.29, 1.82) is 0 Å². The molecule has 0 spiro atoms. The molecule has 0 saturated carbocycles. The molecule has 1 aromatic heterocycles. The highest BCUT2D eigenvalue weighted by Crippen LogP contribution is 2.20. The summed E-state index contributed by atoms with van der Waals surface area (Å²) in [6.07, 6.45) is 1.36. The average molecular weight is 272 g/mol. The first-order valence-corrected chi connectivity index (χ1v) is 6.08. The number of carbonyl (C=O) groups is 2. The van der Waals surface area contributed by atoms with Crippen molar-refractivity contribution in [2.24, 2.45) is 0 Å². The van der Waals surface area contributed by atoms with Crippen molar-refractivity contribution < 1.29 is 9.59 Å². The highest BCUT2D eigenvalue weighted by atomic mass is 16.2. The van der Waals surface area contributed by atoms with E-state index >= 15 is 0 Å². The minimum absolute atomic E-state index is 0.0163. The molecule has 8 nitrogen and oxygen atoms in total. The van der Waals surface area contributed by atoms with Crippen molar-refractivity contribution in [3.8, 4) is 0 Å². The molecule has 1 N–H and O–H groups in total. The van der Waals surface area contributed by atoms with Crippen molar-refractivity contribution in [3.63, 3.8) is 0 Å². The Bertz CT molecular complexity index is 639. The molecule has 0 fully saturated rings. The van der Waals surface area contributed by atoms with Crippen LogP contribution in [0.1, 0.15) is 5.56 Å². The summed E-state index contributed by atoms with van der Waals surface area (Å²) in [4.78, 5) is 25.5. The molecule has 2 aromatic rings. The minimum Gasteiger partial charge on any atom is -0.327 e. The van der Waals surface area contributed by atoms with E-state index in [1.54, 1.807) is 0 Å². The Morgan fingerprint density at radius 2 is 2.15 bits per heavy atom. The maximum Gasteiger partial charge on any atom is 0.245 e. The lowest BCUT2D eigenvalue weighted by Crippen LogP contribution is -2.37. The van der Waals surface area contributed by atoms with Crippen LogP contribution < -0.4 is 5.32 Å². The quantitative estimate of drug-likeness (QED) is 0.807. The van der Waals surface area contributed by atoms with Gasteiger partial charge in [-0.15, -0.1) is 5.10 Å². The molecule has 0 bridgehead atoms. The zero-order valence-corrected chi connectivity index (χ0v) is 10.6. The molecular formula is C12H12N6O2. The Morgan fingerprint density at radius 1 is 1.30 bits per heavy atom. The van der Waals surface area contributed by atoms with Gasteiger partial charge in [0.25, 0.3) is 0 Å². The number of anilines is 1. The van der Waals surface area contributed by atoms with Crippen molar-refractivity contribution in [3.05, 3.63) is 36.2 Å². The van der Waals surface area contributed by atoms with Crippen LogP contribution in [-0.4, -0.2) is 43.5 Å². The highest BCUT2D eigenvalue weighted by molar-refractivity contribution is 5.96. The molecule has 1 aliphatic rings. The van der Waals surface area contributed by atoms with Gasteiger partial charge in [0.2, 0.25) is 11.8 Å². The summed E-state index contributed by atoms with van der Waals surface area (Å²) >= 11 is 0. The molecule has 2 amide bonds. The van der Waals surface area contributed by atoms with Gasteiger partial charge in [0, 0.05) is 12.2 Å². The lowest BCUT2D eigenvalue weighted by atomic mass is 10.1. The van der Waals surface area contributed by atoms with E-state index < -0.39 is 0 Å². The molecule has 0 aliphatic carbocycles. The Hall–Kier alpha value is -2.77. The van der Waals surface area contributed by atoms with E-state index in [-0.39, 0.29) is 24.9 Å². The zero-order chi connectivity index (χ0) is 13.9. The van der Waals surface area contributed by atoms with Gasteiger partial charge in [0.15, 0.2) is 0 Å². The van der Waals surface area contributed by atoms with Crippen LogP contribution in [0, 0.1) is 0 Å². The number of fused-ring (bicyclic) bond motifs is 1. The van der Waals surface area contributed by atoms with E-state index in [2.05, 4.69) is 20.8 Å². The summed E-state index contributed by atoms with van der Waals surface area (Å²) in [5, 5.41) is 13.4. The standard InChI is InChI=1S/C12H12N6O2/c19-11-6-17(12(20)7-18-8-13-15-16-18)5-9-3-1-2-4-10(9)14-11/h1-4,8H,5-7H2,(H,14,19). The van der Waals surface area contributed by atoms with Crippen LogP contribution in [0.4, 0.5) is 5.69 Å². The summed E-state index contributed by atoms with van der Waals surface area (Å²) in [6, 6.07) is 7.43. The summed E-state index contributed by atoms with van der Waals surface area (Å²) in [6.45, 7) is 0.425. The Balaban J connectivity index is 1.80. The van der Waals surface area contributed by atoms with E-state index in [1.807, 2.05) is 24.3 Å². The van der Waals surface area contributed by atoms with Crippen LogP contribution in [0.5, 0.6) is 0 Å². The molecule has 1 aromatic carbocycles. The molecule has 102 valence electrons. The summed E-state index contributed by atoms with van der Waals surface area (Å²) in [7, 11) is 0. The fourth-order valence-corrected chi connectivity index (χ4v) is 2.07. The fourth-order valence-electron chi connectivity index (χ4n) is 2.07. The lowest BCUT2D eigenvalue weighted by molar-refractivity contribution is -0.135. The molecule has 0 radical (unpaired) electrons. The minimum atomic E-state index is -0.208. The molecule has 0 saturated heterocycles. The van der Waals surface area contributed by atoms with Gasteiger partial charge in [0.05, 0.1) is 0 Å². The Morgan fingerprint density at radius 3 is 2.95 bits per heavy atom. The number of hydrogen-bond donors (Lipinski definition) is 1. The number of nitrogens with one attached hydrogen (secondary N) is 1. The fraction of sp³-hybridized carbons (Fsp3) is 0.250. The summed E-state index contributed by atoms with van der Waals surface area (Å²) in [5.74, 6) is -0.413. The van der Waals surface area contributed by atoms with Gasteiger partial charge in [-0.1, -0.05) is 18.2 Å². The second-order valence-electron chi connectivity index (χ2n) is 4.46. The highest BCUT2D eigenvalue weighted by Gasteiger charge is 2.23. The SMILES string of the molecule is O=C1CN(C(=O)Cn2cnnn2)Cc2ccccc2N1. The maximum absolute atomic E-state index is 12.2. The van der Waals surface area contributed by atoms with Crippen LogP contribution >= 0.6 is 0 Å². The molecule has 0 atom stereocenters. The van der Waals surface area contributed by atoms with Gasteiger partial charge < -0.3 is 10.2 Å². The van der Waals surface area contributed by atoms with Gasteiger partial charge in [0.1, 0.15) is 19.4 Å². The van der Waals surface area contributed by atoms with Crippen molar-refractivity contribution in [1.82, 2.24) is 25.1 Å². The van der Waals surface area contributed by atoms with Crippen LogP contribution in [0.15, 0.2) is 30.6 Å². The number of benzene rings is 1. The van der Waals surface area contributed by atoms with Gasteiger partial charge in [-0.25, -0.2) is 4.68 Å². The van der Waals surface area contributed by atoms with Crippen molar-refractivity contribution in [2.75, 3.05) is 11.9 Å². The van der Waals surface area contributed by atoms with E-state index in [1.165, 1.54) is 15.9 Å². The zero-order valence-electron chi connectivity index (χ0n) is 10.6. The second-order valence-corrected chi connectivity index (χ2v) is 4.46. The number of hydrogen-bond acceptors (Lipinski definition) is 5. The molecule has 20 heavy (non-hydrogen) atoms. The van der Waals surface area contributed by atoms with Gasteiger partial charge in [-0.3, -0.25) is 9.59 Å². The van der Waals surface area contributed by atoms with Crippen LogP contribution in [0.25, 0.3) is 0 Å². The molecule has 1 aliphatic heterocycles. The number of aromatic nitrogens is 4. The second kappa shape index (κ2) is 5.08. The largest absolute Gasteiger partial charge is 0.327 e. The predicted octanol–water partition coefficient (Wildman–Crippen LogP) is -0.346. The van der Waals surface area contributed by atoms with Gasteiger partial charge in [-0.05, 0) is 22.1 Å². The first-order valence-electron chi connectivity index (χ1n) is 6.08. The molecule has 0 unspecified atom stereocenters. The van der Waals surface area contributed by atoms with Crippen LogP contribution in [0.2, 0.25) is 0 Å². The maximum atomic E-state index is 12.2. The smallest absolute Gasteiger partial charge is 0.245 e. The van der Waals surface area contributed by atoms with Crippen LogP contribution in [-0.2, 0) is 22.7 Å². The van der Waals surface area contributed by atoms with Crippen LogP contribution in [0.3, 0.4) is 0 Å². The first kappa shape index (κ1) is 12.3. The first-order chi connectivity index (χ1) is 9.72. The number of carbonyl (C=O) groups excluding carboxylic acids is 2. The van der Waals surface area contributed by atoms with Gasteiger partial charge >= 0.3 is 0 Å². The molecular weight excluding hydrogens is 260 g/mol. The van der Waals surface area contributed by atoms with E-state index in [9.17, 15) is 9.59 Å². The van der Waals surface area contributed by atoms with Crippen molar-refractivity contribution in [2.45, 2.75) is 13.1 Å². The number of nitrogens with zero attached hydrogens (tertiary/aromatic N) is 5. The van der Waals surface area contributed by atoms with E-state index in [4.69, 9.17) is 0 Å². The number of para-hydroxylation sites is 1. The molecule has 8 heteroatoms. The Labute approximate surface area is 114 Å². The van der Waals surface area contributed by atoms with Gasteiger partial charge in [-0.2, -0.15) is 0 Å². The summed E-state index contributed by atoms with van der Waals surface area (Å²) < 4.78 is 1.33. The monoisotopic (exact) mass is 272 g/mol. The van der Waals surface area contributed by atoms with E-state index in [0.717, 1.165) is 11.3 Å². The van der Waals surface area contributed by atoms with E-state index in [0.29, 0.717) is 6.54 Å². The number of tetrazole rings is 1. The Kier molecular flexibility index (Phi) is 3.12. The lowest BCUT2D eigenvalue weighted by Gasteiger charge is -2.19.